The number of halogens is 5. The molecule has 1 atom stereocenters. The number of alkyl halides is 1. The van der Waals surface area contributed by atoms with Crippen LogP contribution in [-0.4, -0.2) is 112 Å². The Hall–Kier alpha value is -5.25. The number of tetrazole rings is 3. The van der Waals surface area contributed by atoms with Crippen LogP contribution in [0.1, 0.15) is 112 Å². The Morgan fingerprint density at radius 1 is 0.704 bits per heavy atom. The average Bonchev–Trinajstić information content (AvgIpc) is 3.59. The number of carbonyl (C=O) groups is 4. The summed E-state index contributed by atoms with van der Waals surface area (Å²) >= 11 is 22.4. The van der Waals surface area contributed by atoms with E-state index in [0.717, 1.165) is 17.8 Å². The summed E-state index contributed by atoms with van der Waals surface area (Å²) in [4.78, 5) is 52.2. The molecule has 8 aromatic rings. The number of thiol groups is 1. The monoisotopic (exact) mass is 1150 g/mol. The first kappa shape index (κ1) is 77.2. The van der Waals surface area contributed by atoms with E-state index in [2.05, 4.69) is 97.2 Å². The minimum absolute atomic E-state index is 0. The van der Waals surface area contributed by atoms with E-state index >= 15 is 0 Å². The van der Waals surface area contributed by atoms with Crippen molar-refractivity contribution in [3.8, 4) is 0 Å². The van der Waals surface area contributed by atoms with E-state index in [0.29, 0.717) is 49.2 Å². The van der Waals surface area contributed by atoms with Gasteiger partial charge in [-0.05, 0) is 111 Å². The Morgan fingerprint density at radius 2 is 1.06 bits per heavy atom. The maximum Gasteiger partial charge on any atom is 1.00 e. The van der Waals surface area contributed by atoms with Crippen LogP contribution in [0.25, 0.3) is 32.9 Å². The normalized spacial score (nSPS) is 10.3. The molecular weight excluding hydrogens is 1100 g/mol. The second-order valence-corrected chi connectivity index (χ2v) is 13.4. The Kier molecular flexibility index (Phi) is 45.0. The second kappa shape index (κ2) is 41.4. The fourth-order valence-electron chi connectivity index (χ4n) is 4.20. The van der Waals surface area contributed by atoms with Crippen LogP contribution in [0.5, 0.6) is 0 Å². The maximum absolute atomic E-state index is 11.3. The molecule has 0 saturated carbocycles. The molecule has 23 nitrogen and oxygen atoms in total. The van der Waals surface area contributed by atoms with Crippen molar-refractivity contribution in [2.24, 2.45) is 4.30 Å². The molecule has 9 heterocycles. The molecule has 71 heavy (non-hydrogen) atoms. The third-order valence-corrected chi connectivity index (χ3v) is 8.42. The Labute approximate surface area is 469 Å². The number of ether oxygens (including phenoxy) is 1. The van der Waals surface area contributed by atoms with Gasteiger partial charge < -0.3 is 15.8 Å². The van der Waals surface area contributed by atoms with Gasteiger partial charge in [-0.25, -0.2) is 14.5 Å². The molecule has 1 radical (unpaired) electrons. The van der Waals surface area contributed by atoms with Gasteiger partial charge in [0.1, 0.15) is 16.4 Å². The van der Waals surface area contributed by atoms with E-state index in [1.54, 1.807) is 53.3 Å². The van der Waals surface area contributed by atoms with E-state index in [-0.39, 0.29) is 110 Å². The van der Waals surface area contributed by atoms with Crippen LogP contribution in [0.3, 0.4) is 0 Å². The van der Waals surface area contributed by atoms with Crippen molar-refractivity contribution in [1.29, 1.82) is 0 Å². The molecule has 0 bridgehead atoms. The Balaban J connectivity index is -0.000000176. The number of epoxide rings is 1. The first-order valence-electron chi connectivity index (χ1n) is 17.0. The molecule has 8 aromatic heterocycles. The van der Waals surface area contributed by atoms with Crippen molar-refractivity contribution in [3.63, 3.8) is 0 Å². The van der Waals surface area contributed by atoms with Crippen LogP contribution < -0.4 is 29.6 Å². The molecule has 0 N–H and O–H groups in total. The third kappa shape index (κ3) is 27.2. The van der Waals surface area contributed by atoms with E-state index in [9.17, 15) is 19.2 Å². The number of nitrogens with zero attached hydrogens (tertiary/aromatic N) is 18. The minimum Gasteiger partial charge on any atom is -0.373 e. The third-order valence-electron chi connectivity index (χ3n) is 7.24. The quantitative estimate of drug-likeness (QED) is 0.0160. The molecule has 1 aliphatic heterocycles. The first-order chi connectivity index (χ1) is 30.2. The smallest absolute Gasteiger partial charge is 0.373 e. The molecule has 1 saturated heterocycles. The van der Waals surface area contributed by atoms with E-state index in [1.165, 1.54) is 52.3 Å². The molecule has 1 aliphatic rings. The fourth-order valence-corrected chi connectivity index (χ4v) is 4.86. The zero-order valence-electron chi connectivity index (χ0n) is 33.7. The molecule has 0 aromatic carbocycles. The van der Waals surface area contributed by atoms with Crippen LogP contribution in [-0.2, 0) is 4.74 Å². The fraction of sp³-hybridized carbons (Fsp3) is 0.275. The number of hydrogen-bond acceptors (Lipinski definition) is 18. The predicted octanol–water partition coefficient (Wildman–Crippen LogP) is 7.57. The average molecular weight is 1150 g/mol. The molecule has 31 heteroatoms. The number of ketones is 3. The van der Waals surface area contributed by atoms with Crippen LogP contribution in [0, 0.1) is 0 Å². The van der Waals surface area contributed by atoms with E-state index < -0.39 is 5.24 Å². The summed E-state index contributed by atoms with van der Waals surface area (Å²) in [7, 11) is 4.34. The minimum atomic E-state index is -0.524. The number of fused-ring (bicyclic) bond motifs is 3. The van der Waals surface area contributed by atoms with E-state index in [4.69, 9.17) is 50.6 Å². The second-order valence-electron chi connectivity index (χ2n) is 11.5. The SMILES string of the molecule is C.C.C.C.C.C.CC(=O)c1ccc(Cl)nc1.CC(=O)c1ccc2nnnn2c1.Cl.O=C(CBr)c1ccc2nnnn2c1.O=C(Cl)c1ccc(Cl)nc1.[B]=NS.[N-]=[N+]=[N-].[Na+].c1cc2nnnn2cc1C1CO1. The van der Waals surface area contributed by atoms with Crippen LogP contribution in [0.15, 0.2) is 95.9 Å². The number of hydrogen-bond donors (Lipinski definition) is 1. The summed E-state index contributed by atoms with van der Waals surface area (Å²) in [6, 6.07) is 17.0. The van der Waals surface area contributed by atoms with Gasteiger partial charge in [-0.3, -0.25) is 24.1 Å². The summed E-state index contributed by atoms with van der Waals surface area (Å²) in [5.74, 6) is 0.0222. The zero-order chi connectivity index (χ0) is 46.3. The van der Waals surface area contributed by atoms with Crippen molar-refractivity contribution < 1.29 is 53.5 Å². The van der Waals surface area contributed by atoms with Crippen LogP contribution >= 0.6 is 76.0 Å². The molecule has 1 unspecified atom stereocenters. The van der Waals surface area contributed by atoms with Gasteiger partial charge in [0.2, 0.25) is 0 Å². The van der Waals surface area contributed by atoms with Gasteiger partial charge in [0.25, 0.3) is 5.24 Å². The molecule has 1 fully saturated rings. The topological polar surface area (TPSA) is 307 Å². The van der Waals surface area contributed by atoms with Gasteiger partial charge in [-0.2, -0.15) is 9.03 Å². The molecule has 9 rings (SSSR count). The van der Waals surface area contributed by atoms with Crippen molar-refractivity contribution >= 4 is 123 Å². The Morgan fingerprint density at radius 3 is 1.41 bits per heavy atom. The zero-order valence-corrected chi connectivity index (χ0v) is 41.3. The van der Waals surface area contributed by atoms with Crippen LogP contribution in [0.2, 0.25) is 10.3 Å². The summed E-state index contributed by atoms with van der Waals surface area (Å²) < 4.78 is 12.4. The summed E-state index contributed by atoms with van der Waals surface area (Å²) in [5.41, 5.74) is 18.8. The van der Waals surface area contributed by atoms with Gasteiger partial charge in [-0.15, -0.1) is 27.7 Å². The van der Waals surface area contributed by atoms with Gasteiger partial charge in [-0.1, -0.05) is 89.8 Å². The predicted molar refractivity (Wildman–Crippen MR) is 283 cm³/mol. The molecule has 377 valence electrons. The summed E-state index contributed by atoms with van der Waals surface area (Å²) in [6.45, 7) is 3.81. The number of carbonyl (C=O) groups excluding carboxylic acids is 4. The van der Waals surface area contributed by atoms with Crippen molar-refractivity contribution in [1.82, 2.24) is 70.1 Å². The molecular formula is C40H52BBrCl4N18NaO5S. The van der Waals surface area contributed by atoms with Gasteiger partial charge in [0.05, 0.1) is 17.5 Å². The van der Waals surface area contributed by atoms with Gasteiger partial charge in [0, 0.05) is 53.2 Å². The summed E-state index contributed by atoms with van der Waals surface area (Å²) in [6.07, 6.45) is 8.17. The van der Waals surface area contributed by atoms with Crippen LogP contribution in [0.4, 0.5) is 0 Å². The van der Waals surface area contributed by atoms with Crippen molar-refractivity contribution in [2.45, 2.75) is 64.5 Å². The van der Waals surface area contributed by atoms with Gasteiger partial charge >= 0.3 is 54.3 Å². The van der Waals surface area contributed by atoms with Crippen molar-refractivity contribution in [3.05, 3.63) is 146 Å². The largest absolute Gasteiger partial charge is 1.00 e. The molecule has 0 spiro atoms. The number of pyridine rings is 5. The molecule has 0 aliphatic carbocycles. The number of aromatic nitrogens is 14. The maximum atomic E-state index is 11.3. The van der Waals surface area contributed by atoms with E-state index in [1.807, 2.05) is 18.3 Å². The number of Topliss-reactive ketones (excluding diaryl/α,β-unsaturated/α-hetero) is 3. The Bertz CT molecular complexity index is 2770. The summed E-state index contributed by atoms with van der Waals surface area (Å²) in [5, 5.41) is 33.4. The number of rotatable bonds is 6. The molecule has 0 amide bonds. The first-order valence-corrected chi connectivity index (χ1v) is 19.6. The standard InChI is InChI=1S/C7H5BrN4O.C7H6ClNO.2C7H6N4O.C6H3Cl2NO.6CH4.BHNS.ClH.N3.Na/c8-3-6(13)5-1-2-7-9-10-11-12(7)4-5;1-5(10)6-2-3-7(8)9-4-6;1-2-7-8-9-10-11(7)3-5(1)6-4-12-6;1-5(12)6-2-3-7-8-9-10-11(7)4-6;7-5-2-1-4(3-9-5)6(8)10;;;;;;;1-2-3;;1-3-2;/h1-2,4H,3H2;2-4H,1H3;1-3,6H,4H2;2-4H,1H3;1-3H;6*1H4;3H;1H;;/q;;;;;;;;;;;;;-1;+1. The van der Waals surface area contributed by atoms with Crippen molar-refractivity contribution in [2.75, 3.05) is 11.9 Å². The van der Waals surface area contributed by atoms with Gasteiger partial charge in [0.15, 0.2) is 34.3 Å².